The summed E-state index contributed by atoms with van der Waals surface area (Å²) in [7, 11) is 0. The van der Waals surface area contributed by atoms with Crippen molar-refractivity contribution in [2.75, 3.05) is 6.61 Å². The lowest BCUT2D eigenvalue weighted by Gasteiger charge is -2.23. The first kappa shape index (κ1) is 13.6. The predicted octanol–water partition coefficient (Wildman–Crippen LogP) is 3.27. The summed E-state index contributed by atoms with van der Waals surface area (Å²) in [4.78, 5) is 6.06. The summed E-state index contributed by atoms with van der Waals surface area (Å²) in [5, 5.41) is 1.18. The number of aryl methyl sites for hydroxylation is 1. The number of para-hydroxylation sites is 1. The molecular weight excluding hydrogens is 268 g/mol. The molecule has 0 saturated heterocycles. The number of thiazole rings is 1. The zero-order valence-electron chi connectivity index (χ0n) is 11.8. The molecule has 3 rings (SSSR count). The van der Waals surface area contributed by atoms with Crippen LogP contribution in [0.15, 0.2) is 24.3 Å². The van der Waals surface area contributed by atoms with Gasteiger partial charge in [0, 0.05) is 17.3 Å². The van der Waals surface area contributed by atoms with Crippen molar-refractivity contribution in [3.8, 4) is 5.75 Å². The Labute approximate surface area is 123 Å². The molecule has 2 heterocycles. The third-order valence-corrected chi connectivity index (χ3v) is 4.98. The molecule has 1 atom stereocenters. The van der Waals surface area contributed by atoms with Crippen molar-refractivity contribution >= 4 is 11.3 Å². The van der Waals surface area contributed by atoms with Gasteiger partial charge in [-0.05, 0) is 24.5 Å². The standard InChI is InChI=1S/C16H20N2OS/c1-2-5-13-15(9-17)20-16(18-13)12-8-11-6-3-4-7-14(11)19-10-12/h3-4,6-7,12H,2,5,8-10,17H2,1H3. The quantitative estimate of drug-likeness (QED) is 0.939. The number of rotatable bonds is 4. The zero-order valence-corrected chi connectivity index (χ0v) is 12.6. The van der Waals surface area contributed by atoms with Crippen LogP contribution in [0.2, 0.25) is 0 Å². The second-order valence-corrected chi connectivity index (χ2v) is 6.31. The summed E-state index contributed by atoms with van der Waals surface area (Å²) in [6.45, 7) is 3.50. The molecule has 0 radical (unpaired) electrons. The molecule has 2 aromatic rings. The monoisotopic (exact) mass is 288 g/mol. The van der Waals surface area contributed by atoms with E-state index in [9.17, 15) is 0 Å². The fourth-order valence-electron chi connectivity index (χ4n) is 2.66. The molecule has 20 heavy (non-hydrogen) atoms. The van der Waals surface area contributed by atoms with E-state index in [2.05, 4.69) is 19.1 Å². The van der Waals surface area contributed by atoms with Gasteiger partial charge in [0.05, 0.1) is 17.3 Å². The van der Waals surface area contributed by atoms with Crippen molar-refractivity contribution in [1.29, 1.82) is 0 Å². The van der Waals surface area contributed by atoms with Crippen LogP contribution in [0.5, 0.6) is 5.75 Å². The number of ether oxygens (including phenoxy) is 1. The lowest BCUT2D eigenvalue weighted by molar-refractivity contribution is 0.262. The Morgan fingerprint density at radius 1 is 1.40 bits per heavy atom. The molecule has 4 heteroatoms. The van der Waals surface area contributed by atoms with Crippen molar-refractivity contribution in [2.24, 2.45) is 5.73 Å². The Balaban J connectivity index is 1.84. The largest absolute Gasteiger partial charge is 0.493 e. The van der Waals surface area contributed by atoms with Crippen LogP contribution < -0.4 is 10.5 Å². The first-order valence-electron chi connectivity index (χ1n) is 7.21. The van der Waals surface area contributed by atoms with E-state index in [1.165, 1.54) is 21.1 Å². The number of hydrogen-bond donors (Lipinski definition) is 1. The number of fused-ring (bicyclic) bond motifs is 1. The Hall–Kier alpha value is -1.39. The molecule has 1 aromatic heterocycles. The van der Waals surface area contributed by atoms with Crippen LogP contribution in [-0.2, 0) is 19.4 Å². The van der Waals surface area contributed by atoms with Gasteiger partial charge in [0.15, 0.2) is 0 Å². The number of hydrogen-bond acceptors (Lipinski definition) is 4. The lowest BCUT2D eigenvalue weighted by Crippen LogP contribution is -2.19. The van der Waals surface area contributed by atoms with Crippen LogP contribution in [0, 0.1) is 0 Å². The molecule has 1 aliphatic rings. The van der Waals surface area contributed by atoms with Crippen molar-refractivity contribution in [3.63, 3.8) is 0 Å². The first-order valence-corrected chi connectivity index (χ1v) is 8.02. The van der Waals surface area contributed by atoms with Gasteiger partial charge in [-0.3, -0.25) is 0 Å². The highest BCUT2D eigenvalue weighted by molar-refractivity contribution is 7.11. The molecule has 0 fully saturated rings. The molecule has 0 amide bonds. The number of nitrogens with zero attached hydrogens (tertiary/aromatic N) is 1. The SMILES string of the molecule is CCCc1nc(C2COc3ccccc3C2)sc1CN. The molecule has 1 aromatic carbocycles. The molecule has 0 aliphatic carbocycles. The molecule has 0 spiro atoms. The summed E-state index contributed by atoms with van der Waals surface area (Å²) in [6, 6.07) is 8.28. The van der Waals surface area contributed by atoms with E-state index in [0.29, 0.717) is 12.5 Å². The average molecular weight is 288 g/mol. The van der Waals surface area contributed by atoms with Gasteiger partial charge >= 0.3 is 0 Å². The summed E-state index contributed by atoms with van der Waals surface area (Å²) < 4.78 is 5.87. The fourth-order valence-corrected chi connectivity index (χ4v) is 3.73. The third kappa shape index (κ3) is 2.58. The molecule has 3 nitrogen and oxygen atoms in total. The highest BCUT2D eigenvalue weighted by Crippen LogP contribution is 2.34. The van der Waals surface area contributed by atoms with E-state index in [0.717, 1.165) is 31.6 Å². The minimum Gasteiger partial charge on any atom is -0.493 e. The van der Waals surface area contributed by atoms with Gasteiger partial charge in [0.25, 0.3) is 0 Å². The fraction of sp³-hybridized carbons (Fsp3) is 0.438. The number of aromatic nitrogens is 1. The minimum atomic E-state index is 0.366. The molecule has 106 valence electrons. The maximum absolute atomic E-state index is 5.87. The number of benzene rings is 1. The topological polar surface area (TPSA) is 48.1 Å². The lowest BCUT2D eigenvalue weighted by atomic mass is 9.97. The Kier molecular flexibility index (Phi) is 4.03. The van der Waals surface area contributed by atoms with Gasteiger partial charge < -0.3 is 10.5 Å². The first-order chi connectivity index (χ1) is 9.81. The second-order valence-electron chi connectivity index (χ2n) is 5.20. The maximum atomic E-state index is 5.87. The van der Waals surface area contributed by atoms with Crippen molar-refractivity contribution < 1.29 is 4.74 Å². The van der Waals surface area contributed by atoms with E-state index < -0.39 is 0 Å². The van der Waals surface area contributed by atoms with Crippen LogP contribution in [0.1, 0.15) is 40.4 Å². The highest BCUT2D eigenvalue weighted by atomic mass is 32.1. The van der Waals surface area contributed by atoms with Gasteiger partial charge in [-0.2, -0.15) is 0 Å². The van der Waals surface area contributed by atoms with Crippen LogP contribution >= 0.6 is 11.3 Å². The molecule has 0 bridgehead atoms. The second kappa shape index (κ2) is 5.94. The van der Waals surface area contributed by atoms with Crippen molar-refractivity contribution in [3.05, 3.63) is 45.4 Å². The van der Waals surface area contributed by atoms with Crippen LogP contribution in [0.4, 0.5) is 0 Å². The predicted molar refractivity (Wildman–Crippen MR) is 82.4 cm³/mol. The van der Waals surface area contributed by atoms with Gasteiger partial charge in [-0.25, -0.2) is 4.98 Å². The molecule has 1 unspecified atom stereocenters. The summed E-state index contributed by atoms with van der Waals surface area (Å²) in [6.07, 6.45) is 3.15. The summed E-state index contributed by atoms with van der Waals surface area (Å²) in [5.41, 5.74) is 8.31. The molecule has 1 aliphatic heterocycles. The van der Waals surface area contributed by atoms with E-state index in [1.807, 2.05) is 12.1 Å². The maximum Gasteiger partial charge on any atom is 0.122 e. The van der Waals surface area contributed by atoms with Crippen molar-refractivity contribution in [1.82, 2.24) is 4.98 Å². The number of nitrogens with two attached hydrogens (primary N) is 1. The summed E-state index contributed by atoms with van der Waals surface area (Å²) in [5.74, 6) is 1.39. The minimum absolute atomic E-state index is 0.366. The molecular formula is C16H20N2OS. The summed E-state index contributed by atoms with van der Waals surface area (Å²) >= 11 is 1.76. The van der Waals surface area contributed by atoms with Gasteiger partial charge in [0.2, 0.25) is 0 Å². The van der Waals surface area contributed by atoms with E-state index >= 15 is 0 Å². The van der Waals surface area contributed by atoms with Gasteiger partial charge in [-0.1, -0.05) is 31.5 Å². The Morgan fingerprint density at radius 2 is 2.25 bits per heavy atom. The third-order valence-electron chi connectivity index (χ3n) is 3.70. The smallest absolute Gasteiger partial charge is 0.122 e. The van der Waals surface area contributed by atoms with E-state index in [1.54, 1.807) is 11.3 Å². The zero-order chi connectivity index (χ0) is 13.9. The van der Waals surface area contributed by atoms with Crippen LogP contribution in [0.3, 0.4) is 0 Å². The Bertz CT molecular complexity index is 594. The highest BCUT2D eigenvalue weighted by Gasteiger charge is 2.24. The average Bonchev–Trinajstić information content (AvgIpc) is 2.90. The van der Waals surface area contributed by atoms with E-state index in [-0.39, 0.29) is 0 Å². The normalized spacial score (nSPS) is 17.6. The van der Waals surface area contributed by atoms with Crippen LogP contribution in [-0.4, -0.2) is 11.6 Å². The van der Waals surface area contributed by atoms with E-state index in [4.69, 9.17) is 15.5 Å². The molecule has 0 saturated carbocycles. The van der Waals surface area contributed by atoms with Crippen LogP contribution in [0.25, 0.3) is 0 Å². The Morgan fingerprint density at radius 3 is 3.05 bits per heavy atom. The van der Waals surface area contributed by atoms with Gasteiger partial charge in [0.1, 0.15) is 5.75 Å². The molecule has 2 N–H and O–H groups in total. The van der Waals surface area contributed by atoms with Crippen molar-refractivity contribution in [2.45, 2.75) is 38.6 Å². The van der Waals surface area contributed by atoms with Gasteiger partial charge in [-0.15, -0.1) is 11.3 Å².